The summed E-state index contributed by atoms with van der Waals surface area (Å²) in [6.45, 7) is 42.6. The van der Waals surface area contributed by atoms with Crippen LogP contribution in [0.4, 0.5) is 0 Å². The topological polar surface area (TPSA) is 95.8 Å². The summed E-state index contributed by atoms with van der Waals surface area (Å²) in [4.78, 5) is 0. The molecule has 3 heterocycles. The van der Waals surface area contributed by atoms with Gasteiger partial charge in [0, 0.05) is 31.8 Å². The minimum atomic E-state index is -1.36. The largest absolute Gasteiger partial charge is 0.494 e. The van der Waals surface area contributed by atoms with Gasteiger partial charge < -0.3 is 38.0 Å². The lowest BCUT2D eigenvalue weighted by atomic mass is 9.75. The van der Waals surface area contributed by atoms with Gasteiger partial charge in [-0.3, -0.25) is 0 Å². The van der Waals surface area contributed by atoms with Crippen molar-refractivity contribution in [2.45, 2.75) is 198 Å². The molecule has 414 valence electrons. The van der Waals surface area contributed by atoms with Gasteiger partial charge in [-0.2, -0.15) is 0 Å². The number of benzene rings is 4. The fourth-order valence-electron chi connectivity index (χ4n) is 8.18. The first kappa shape index (κ1) is 70.8. The van der Waals surface area contributed by atoms with Crippen LogP contribution in [0.2, 0.25) is 0 Å². The second-order valence-corrected chi connectivity index (χ2v) is 26.4. The van der Waals surface area contributed by atoms with E-state index in [9.17, 15) is 0 Å². The summed E-state index contributed by atoms with van der Waals surface area (Å²) < 4.78 is 34.9. The van der Waals surface area contributed by atoms with E-state index in [2.05, 4.69) is 197 Å². The molecular formula is C62H106B4O8. The molecule has 4 aromatic rings. The van der Waals surface area contributed by atoms with Crippen molar-refractivity contribution in [3.63, 3.8) is 0 Å². The van der Waals surface area contributed by atoms with E-state index in [-0.39, 0.29) is 73.1 Å². The fraction of sp³-hybridized carbons (Fsp3) is 0.613. The van der Waals surface area contributed by atoms with Gasteiger partial charge in [0.05, 0.1) is 11.2 Å². The van der Waals surface area contributed by atoms with Crippen LogP contribution < -0.4 is 21.9 Å². The third-order valence-electron chi connectivity index (χ3n) is 12.3. The third-order valence-corrected chi connectivity index (χ3v) is 12.3. The lowest BCUT2D eigenvalue weighted by molar-refractivity contribution is 0.00578. The molecule has 0 aromatic heterocycles. The highest BCUT2D eigenvalue weighted by Crippen LogP contribution is 2.36. The predicted molar refractivity (Wildman–Crippen MR) is 324 cm³/mol. The second-order valence-electron chi connectivity index (χ2n) is 26.4. The van der Waals surface area contributed by atoms with Crippen LogP contribution in [0.3, 0.4) is 0 Å². The summed E-state index contributed by atoms with van der Waals surface area (Å²) >= 11 is 0. The summed E-state index contributed by atoms with van der Waals surface area (Å²) in [6.07, 6.45) is 5.26. The van der Waals surface area contributed by atoms with E-state index in [0.29, 0.717) is 21.7 Å². The van der Waals surface area contributed by atoms with Crippen molar-refractivity contribution in [2.24, 2.45) is 27.1 Å². The fourth-order valence-corrected chi connectivity index (χ4v) is 8.18. The van der Waals surface area contributed by atoms with E-state index >= 15 is 0 Å². The highest BCUT2D eigenvalue weighted by Gasteiger charge is 2.51. The van der Waals surface area contributed by atoms with Crippen LogP contribution in [-0.2, 0) is 53.6 Å². The van der Waals surface area contributed by atoms with Crippen LogP contribution in [0.15, 0.2) is 97.1 Å². The molecule has 4 aromatic carbocycles. The monoisotopic (exact) mass is 1020 g/mol. The molecule has 0 bridgehead atoms. The van der Waals surface area contributed by atoms with Crippen molar-refractivity contribution in [1.29, 1.82) is 0 Å². The first-order valence-corrected chi connectivity index (χ1v) is 25.7. The maximum Gasteiger partial charge on any atom is 0.494 e. The molecule has 0 spiro atoms. The highest BCUT2D eigenvalue weighted by molar-refractivity contribution is 6.62. The lowest BCUT2D eigenvalue weighted by Gasteiger charge is -2.33. The Balaban J connectivity index is 0.000000950. The van der Waals surface area contributed by atoms with Gasteiger partial charge in [-0.05, 0) is 126 Å². The van der Waals surface area contributed by atoms with Crippen LogP contribution in [0.1, 0.15) is 183 Å². The van der Waals surface area contributed by atoms with Crippen LogP contribution in [-0.4, -0.2) is 76.2 Å². The Morgan fingerprint density at radius 3 is 0.932 bits per heavy atom. The molecule has 0 amide bonds. The minimum absolute atomic E-state index is 0. The Labute approximate surface area is 456 Å². The highest BCUT2D eigenvalue weighted by atomic mass is 16.7. The Hall–Kier alpha value is -3.18. The van der Waals surface area contributed by atoms with Crippen molar-refractivity contribution in [3.05, 3.63) is 119 Å². The molecular weight excluding hydrogens is 916 g/mol. The Morgan fingerprint density at radius 2 is 0.662 bits per heavy atom. The van der Waals surface area contributed by atoms with Gasteiger partial charge in [-0.15, -0.1) is 0 Å². The number of hydrogen-bond donors (Lipinski definition) is 2. The van der Waals surface area contributed by atoms with Crippen molar-refractivity contribution in [2.75, 3.05) is 26.4 Å². The maximum atomic E-state index is 8.90. The third kappa shape index (κ3) is 25.3. The summed E-state index contributed by atoms with van der Waals surface area (Å²) in [5.74, 6) is 0. The van der Waals surface area contributed by atoms with Gasteiger partial charge in [0.2, 0.25) is 0 Å². The molecule has 8 nitrogen and oxygen atoms in total. The molecule has 0 unspecified atom stereocenters. The molecule has 3 saturated heterocycles. The van der Waals surface area contributed by atoms with Gasteiger partial charge >= 0.3 is 28.5 Å². The van der Waals surface area contributed by atoms with Crippen molar-refractivity contribution in [3.8, 4) is 0 Å². The molecule has 2 N–H and O–H groups in total. The average molecular weight is 1020 g/mol. The zero-order valence-corrected chi connectivity index (χ0v) is 46.8. The maximum absolute atomic E-state index is 8.90. The number of rotatable bonds is 8. The Bertz CT molecular complexity index is 2110. The molecule has 3 aliphatic heterocycles. The predicted octanol–water partition coefficient (Wildman–Crippen LogP) is 12.5. The van der Waals surface area contributed by atoms with Crippen molar-refractivity contribution in [1.82, 2.24) is 0 Å². The van der Waals surface area contributed by atoms with Crippen molar-refractivity contribution < 1.29 is 38.0 Å². The van der Waals surface area contributed by atoms with E-state index in [1.54, 1.807) is 12.1 Å². The summed E-state index contributed by atoms with van der Waals surface area (Å²) in [5.41, 5.74) is 10.0. The van der Waals surface area contributed by atoms with Crippen LogP contribution >= 0.6 is 0 Å². The summed E-state index contributed by atoms with van der Waals surface area (Å²) in [7, 11) is -1.98. The summed E-state index contributed by atoms with van der Waals surface area (Å²) in [6, 6.07) is 33.3. The molecule has 74 heavy (non-hydrogen) atoms. The van der Waals surface area contributed by atoms with Crippen molar-refractivity contribution >= 4 is 50.3 Å². The van der Waals surface area contributed by atoms with E-state index in [0.717, 1.165) is 74.9 Å². The Morgan fingerprint density at radius 1 is 0.405 bits per heavy atom. The zero-order chi connectivity index (χ0) is 52.3. The second kappa shape index (κ2) is 29.5. The molecule has 7 rings (SSSR count). The van der Waals surface area contributed by atoms with Crippen LogP contribution in [0.25, 0.3) is 0 Å². The Kier molecular flexibility index (Phi) is 28.3. The normalized spacial score (nSPS) is 16.9. The lowest BCUT2D eigenvalue weighted by Crippen LogP contribution is -2.47. The van der Waals surface area contributed by atoms with Gasteiger partial charge in [-0.25, -0.2) is 0 Å². The van der Waals surface area contributed by atoms with Crippen LogP contribution in [0.5, 0.6) is 0 Å². The van der Waals surface area contributed by atoms with Gasteiger partial charge in [-0.1, -0.05) is 224 Å². The van der Waals surface area contributed by atoms with Gasteiger partial charge in [0.1, 0.15) is 0 Å². The van der Waals surface area contributed by atoms with Crippen LogP contribution in [0, 0.1) is 27.1 Å². The smallest absolute Gasteiger partial charge is 0.423 e. The zero-order valence-electron chi connectivity index (χ0n) is 46.8. The quantitative estimate of drug-likeness (QED) is 0.169. The van der Waals surface area contributed by atoms with E-state index < -0.39 is 7.12 Å². The molecule has 0 aliphatic carbocycles. The SMILES string of the molecule is C.C.C.C.CC(C)(C)Cc1ccc(B(O)O)cc1.CC(C)(C)Cc1ccc(B2OC(C)(C)C(C)(C)O2)cc1.CC(C)(C)Cc1ccc(B2OCC(C)(C)CO2)cc1.CC(C)(C)Cc1ccc(B2OCCCO2)cc1. The molecule has 0 atom stereocenters. The van der Waals surface area contributed by atoms with Gasteiger partial charge in [0.15, 0.2) is 0 Å². The summed E-state index contributed by atoms with van der Waals surface area (Å²) in [5, 5.41) is 17.8. The van der Waals surface area contributed by atoms with E-state index in [1.807, 2.05) is 12.1 Å². The molecule has 0 radical (unpaired) electrons. The standard InChI is InChI=1S/C17H27BO2.C16H25BO2.C14H21BO2.C11H17BO2.4CH4/c1-15(2,3)12-13-8-10-14(11-9-13)18-19-16(4,5)17(6,7)20-18;1-15(2,3)10-13-6-8-14(9-7-13)17-18-11-16(4,5)12-19-17;1-14(2,3)11-12-5-7-13(8-6-12)15-16-9-4-10-17-15;1-11(2,3)8-9-4-6-10(7-5-9)12(13)14;;;;/h8-11H,12H2,1-7H3;6-9H,10-12H2,1-5H3;5-8H,4,9-11H2,1-3H3;4-7,13-14H,8H2,1-3H3;4*1H4. The van der Waals surface area contributed by atoms with E-state index in [4.69, 9.17) is 38.0 Å². The molecule has 3 fully saturated rings. The molecule has 0 saturated carbocycles. The average Bonchev–Trinajstić information content (AvgIpc) is 3.46. The first-order chi connectivity index (χ1) is 32.2. The first-order valence-electron chi connectivity index (χ1n) is 25.7. The number of hydrogen-bond acceptors (Lipinski definition) is 8. The molecule has 3 aliphatic rings. The van der Waals surface area contributed by atoms with Gasteiger partial charge in [0.25, 0.3) is 0 Å². The molecule has 12 heteroatoms. The minimum Gasteiger partial charge on any atom is -0.423 e. The van der Waals surface area contributed by atoms with E-state index in [1.165, 1.54) is 22.3 Å².